The van der Waals surface area contributed by atoms with Gasteiger partial charge in [-0.15, -0.1) is 0 Å². The third kappa shape index (κ3) is 3.67. The van der Waals surface area contributed by atoms with Crippen molar-refractivity contribution in [3.63, 3.8) is 0 Å². The van der Waals surface area contributed by atoms with Gasteiger partial charge < -0.3 is 10.0 Å². The van der Waals surface area contributed by atoms with Gasteiger partial charge >= 0.3 is 5.97 Å². The highest BCUT2D eigenvalue weighted by Crippen LogP contribution is 2.29. The van der Waals surface area contributed by atoms with Crippen LogP contribution in [-0.4, -0.2) is 44.3 Å². The fourth-order valence-electron chi connectivity index (χ4n) is 2.56. The van der Waals surface area contributed by atoms with Crippen LogP contribution in [-0.2, 0) is 4.79 Å². The van der Waals surface area contributed by atoms with E-state index in [1.807, 2.05) is 0 Å². The molecule has 1 saturated carbocycles. The molecule has 25 heavy (non-hydrogen) atoms. The number of aromatic nitrogens is 2. The van der Waals surface area contributed by atoms with Gasteiger partial charge in [-0.25, -0.2) is 13.5 Å². The number of amides is 1. The molecule has 1 N–H and O–H groups in total. The highest BCUT2D eigenvalue weighted by atomic mass is 19.1. The summed E-state index contributed by atoms with van der Waals surface area (Å²) < 4.78 is 28.0. The average Bonchev–Trinajstić information content (AvgIpc) is 3.28. The molecule has 132 valence electrons. The lowest BCUT2D eigenvalue weighted by Gasteiger charge is -2.23. The lowest BCUT2D eigenvalue weighted by atomic mass is 10.1. The lowest BCUT2D eigenvalue weighted by Crippen LogP contribution is -2.38. The Balaban J connectivity index is 1.82. The number of aliphatic carboxylic acids is 1. The molecule has 0 radical (unpaired) electrons. The van der Waals surface area contributed by atoms with Crippen molar-refractivity contribution in [2.24, 2.45) is 5.92 Å². The van der Waals surface area contributed by atoms with E-state index in [1.54, 1.807) is 6.92 Å². The summed E-state index contributed by atoms with van der Waals surface area (Å²) >= 11 is 0. The first-order valence-corrected chi connectivity index (χ1v) is 7.90. The maximum atomic E-state index is 13.8. The van der Waals surface area contributed by atoms with Gasteiger partial charge in [-0.1, -0.05) is 6.92 Å². The molecule has 1 aromatic carbocycles. The van der Waals surface area contributed by atoms with Gasteiger partial charge in [0.25, 0.3) is 5.91 Å². The molecule has 1 aliphatic carbocycles. The number of carbonyl (C=O) groups is 2. The van der Waals surface area contributed by atoms with E-state index in [1.165, 1.54) is 23.4 Å². The highest BCUT2D eigenvalue weighted by Gasteiger charge is 2.35. The number of carboxylic acid groups (broad SMARTS) is 1. The van der Waals surface area contributed by atoms with Gasteiger partial charge in [0.2, 0.25) is 0 Å². The standard InChI is InChI=1S/C17H17F2N3O3/c1-10(17(24)25)8-21(13-3-4-13)16(23)11-7-20-22(9-11)15-5-2-12(18)6-14(15)19/h2,5-7,9-10,13H,3-4,8H2,1H3,(H,24,25). The van der Waals surface area contributed by atoms with Gasteiger partial charge in [0.1, 0.15) is 11.5 Å². The van der Waals surface area contributed by atoms with Crippen molar-refractivity contribution in [1.29, 1.82) is 0 Å². The van der Waals surface area contributed by atoms with Crippen molar-refractivity contribution >= 4 is 11.9 Å². The number of carboxylic acids is 1. The van der Waals surface area contributed by atoms with Gasteiger partial charge in [-0.3, -0.25) is 9.59 Å². The lowest BCUT2D eigenvalue weighted by molar-refractivity contribution is -0.141. The first kappa shape index (κ1) is 17.1. The molecule has 1 aliphatic rings. The number of carbonyl (C=O) groups excluding carboxylic acids is 1. The molecule has 1 unspecified atom stereocenters. The molecule has 1 amide bonds. The summed E-state index contributed by atoms with van der Waals surface area (Å²) in [5.41, 5.74) is 0.255. The van der Waals surface area contributed by atoms with E-state index in [2.05, 4.69) is 5.10 Å². The first-order valence-electron chi connectivity index (χ1n) is 7.90. The van der Waals surface area contributed by atoms with Crippen LogP contribution < -0.4 is 0 Å². The maximum absolute atomic E-state index is 13.8. The summed E-state index contributed by atoms with van der Waals surface area (Å²) in [5, 5.41) is 13.0. The zero-order valence-corrected chi connectivity index (χ0v) is 13.5. The van der Waals surface area contributed by atoms with E-state index >= 15 is 0 Å². The van der Waals surface area contributed by atoms with Crippen LogP contribution in [0.3, 0.4) is 0 Å². The second-order valence-corrected chi connectivity index (χ2v) is 6.20. The zero-order valence-electron chi connectivity index (χ0n) is 13.5. The zero-order chi connectivity index (χ0) is 18.1. The van der Waals surface area contributed by atoms with Crippen molar-refractivity contribution in [3.05, 3.63) is 47.8 Å². The van der Waals surface area contributed by atoms with Crippen molar-refractivity contribution in [2.75, 3.05) is 6.54 Å². The molecule has 0 aliphatic heterocycles. The van der Waals surface area contributed by atoms with Crippen molar-refractivity contribution in [2.45, 2.75) is 25.8 Å². The molecule has 1 heterocycles. The highest BCUT2D eigenvalue weighted by molar-refractivity contribution is 5.94. The van der Waals surface area contributed by atoms with E-state index in [0.29, 0.717) is 0 Å². The number of hydrogen-bond donors (Lipinski definition) is 1. The molecule has 2 aromatic rings. The molecule has 1 fully saturated rings. The number of hydrogen-bond acceptors (Lipinski definition) is 3. The van der Waals surface area contributed by atoms with E-state index in [4.69, 9.17) is 5.11 Å². The topological polar surface area (TPSA) is 75.4 Å². The predicted octanol–water partition coefficient (Wildman–Crippen LogP) is 2.48. The van der Waals surface area contributed by atoms with Crippen LogP contribution in [0.5, 0.6) is 0 Å². The summed E-state index contributed by atoms with van der Waals surface area (Å²) in [7, 11) is 0. The number of benzene rings is 1. The van der Waals surface area contributed by atoms with E-state index in [-0.39, 0.29) is 29.7 Å². The molecule has 8 heteroatoms. The molecule has 6 nitrogen and oxygen atoms in total. The molecule has 0 saturated heterocycles. The van der Waals surface area contributed by atoms with Crippen LogP contribution in [0.25, 0.3) is 5.69 Å². The number of halogens is 2. The van der Waals surface area contributed by atoms with Crippen molar-refractivity contribution in [1.82, 2.24) is 14.7 Å². The minimum absolute atomic E-state index is 0.0253. The summed E-state index contributed by atoms with van der Waals surface area (Å²) in [5.74, 6) is -3.49. The van der Waals surface area contributed by atoms with Gasteiger partial charge in [-0.2, -0.15) is 5.10 Å². The quantitative estimate of drug-likeness (QED) is 0.869. The van der Waals surface area contributed by atoms with Crippen LogP contribution in [0.1, 0.15) is 30.1 Å². The number of rotatable bonds is 6. The fourth-order valence-corrected chi connectivity index (χ4v) is 2.56. The fraction of sp³-hybridized carbons (Fsp3) is 0.353. The number of nitrogens with zero attached hydrogens (tertiary/aromatic N) is 3. The predicted molar refractivity (Wildman–Crippen MR) is 84.3 cm³/mol. The minimum Gasteiger partial charge on any atom is -0.481 e. The Morgan fingerprint density at radius 1 is 1.40 bits per heavy atom. The van der Waals surface area contributed by atoms with Gasteiger partial charge in [0.05, 0.1) is 17.7 Å². The molecule has 1 atom stereocenters. The largest absolute Gasteiger partial charge is 0.481 e. The summed E-state index contributed by atoms with van der Waals surface area (Å²) in [6, 6.07) is 3.10. The molecular formula is C17H17F2N3O3. The van der Waals surface area contributed by atoms with Crippen LogP contribution in [0.4, 0.5) is 8.78 Å². The molecular weight excluding hydrogens is 332 g/mol. The minimum atomic E-state index is -0.970. The Bertz CT molecular complexity index is 817. The van der Waals surface area contributed by atoms with Crippen molar-refractivity contribution < 1.29 is 23.5 Å². The normalized spacial score (nSPS) is 15.0. The van der Waals surface area contributed by atoms with Crippen molar-refractivity contribution in [3.8, 4) is 5.69 Å². The summed E-state index contributed by atoms with van der Waals surface area (Å²) in [6.07, 6.45) is 4.32. The first-order chi connectivity index (χ1) is 11.9. The molecule has 3 rings (SSSR count). The van der Waals surface area contributed by atoms with Crippen LogP contribution in [0, 0.1) is 17.6 Å². The van der Waals surface area contributed by atoms with Gasteiger partial charge in [-0.05, 0) is 25.0 Å². The second kappa shape index (κ2) is 6.62. The Morgan fingerprint density at radius 2 is 2.12 bits per heavy atom. The summed E-state index contributed by atoms with van der Waals surface area (Å²) in [4.78, 5) is 25.3. The summed E-state index contributed by atoms with van der Waals surface area (Å²) in [6.45, 7) is 1.65. The Hall–Kier alpha value is -2.77. The van der Waals surface area contributed by atoms with E-state index < -0.39 is 23.5 Å². The van der Waals surface area contributed by atoms with Gasteiger partial charge in [0, 0.05) is 24.8 Å². The average molecular weight is 349 g/mol. The Kier molecular flexibility index (Phi) is 4.52. The van der Waals surface area contributed by atoms with E-state index in [9.17, 15) is 18.4 Å². The van der Waals surface area contributed by atoms with Crippen LogP contribution in [0.15, 0.2) is 30.6 Å². The van der Waals surface area contributed by atoms with Crippen LogP contribution >= 0.6 is 0 Å². The molecule has 1 aromatic heterocycles. The van der Waals surface area contributed by atoms with Gasteiger partial charge in [0.15, 0.2) is 5.82 Å². The monoisotopic (exact) mass is 349 g/mol. The smallest absolute Gasteiger partial charge is 0.308 e. The van der Waals surface area contributed by atoms with E-state index in [0.717, 1.165) is 29.7 Å². The second-order valence-electron chi connectivity index (χ2n) is 6.20. The Labute approximate surface area is 142 Å². The molecule has 0 spiro atoms. The maximum Gasteiger partial charge on any atom is 0.308 e. The van der Waals surface area contributed by atoms with Crippen LogP contribution in [0.2, 0.25) is 0 Å². The third-order valence-corrected chi connectivity index (χ3v) is 4.13. The SMILES string of the molecule is CC(CN(C(=O)c1cnn(-c2ccc(F)cc2F)c1)C1CC1)C(=O)O. The Morgan fingerprint density at radius 3 is 2.72 bits per heavy atom. The third-order valence-electron chi connectivity index (χ3n) is 4.13. The molecule has 0 bridgehead atoms.